The number of ketones is 1. The van der Waals surface area contributed by atoms with Gasteiger partial charge in [0.05, 0.1) is 25.0 Å². The number of nitrogens with zero attached hydrogens (tertiary/aromatic N) is 1. The first kappa shape index (κ1) is 21.9. The van der Waals surface area contributed by atoms with Crippen LogP contribution in [0.3, 0.4) is 0 Å². The van der Waals surface area contributed by atoms with Crippen molar-refractivity contribution >= 4 is 34.2 Å². The number of aliphatic hydroxyl groups excluding tert-OH is 1. The van der Waals surface area contributed by atoms with E-state index < -0.39 is 23.5 Å². The summed E-state index contributed by atoms with van der Waals surface area (Å²) in [6, 6.07) is 14.9. The number of carbonyl (C=O) groups is 2. The Hall–Kier alpha value is -3.97. The van der Waals surface area contributed by atoms with Gasteiger partial charge in [0.2, 0.25) is 5.78 Å². The van der Waals surface area contributed by atoms with Crippen LogP contribution in [0.2, 0.25) is 5.02 Å². The number of ether oxygens (including phenoxy) is 1. The molecule has 2 aromatic heterocycles. The molecule has 0 fully saturated rings. The summed E-state index contributed by atoms with van der Waals surface area (Å²) in [4.78, 5) is 31.1. The van der Waals surface area contributed by atoms with Crippen LogP contribution in [-0.4, -0.2) is 40.3 Å². The molecule has 2 N–H and O–H groups in total. The number of hydrogen-bond donors (Lipinski definition) is 2. The van der Waals surface area contributed by atoms with E-state index in [1.807, 2.05) is 24.4 Å². The van der Waals surface area contributed by atoms with E-state index in [2.05, 4.69) is 4.98 Å². The molecule has 0 unspecified atom stereocenters. The Morgan fingerprint density at radius 2 is 2.03 bits per heavy atom. The molecule has 5 rings (SSSR count). The van der Waals surface area contributed by atoms with Gasteiger partial charge in [0.25, 0.3) is 5.91 Å². The van der Waals surface area contributed by atoms with Crippen molar-refractivity contribution in [1.29, 1.82) is 0 Å². The number of H-pyrrole nitrogens is 1. The number of hydrogen-bond acceptors (Lipinski definition) is 5. The number of aromatic nitrogens is 1. The molecule has 0 saturated carbocycles. The number of benzene rings is 2. The summed E-state index contributed by atoms with van der Waals surface area (Å²) in [7, 11) is 1.61. The Morgan fingerprint density at radius 3 is 2.76 bits per heavy atom. The molecule has 3 heterocycles. The Labute approximate surface area is 200 Å². The molecule has 34 heavy (non-hydrogen) atoms. The van der Waals surface area contributed by atoms with Crippen molar-refractivity contribution in [1.82, 2.24) is 9.88 Å². The molecular formula is C26H21ClN2O5. The summed E-state index contributed by atoms with van der Waals surface area (Å²) in [5.41, 5.74) is 2.43. The highest BCUT2D eigenvalue weighted by atomic mass is 35.5. The smallest absolute Gasteiger partial charge is 0.290 e. The van der Waals surface area contributed by atoms with E-state index in [1.54, 1.807) is 37.4 Å². The van der Waals surface area contributed by atoms with Crippen molar-refractivity contribution in [2.45, 2.75) is 12.5 Å². The SMILES string of the molecule is COc1ccc2[nH]cc(CCN3C(=O)C(O)=C(C(=O)c4ccco4)[C@@H]3c3ccccc3Cl)c2c1. The van der Waals surface area contributed by atoms with Crippen molar-refractivity contribution in [3.05, 3.63) is 100 Å². The van der Waals surface area contributed by atoms with Gasteiger partial charge in [0.1, 0.15) is 5.75 Å². The molecule has 172 valence electrons. The summed E-state index contributed by atoms with van der Waals surface area (Å²) in [5.74, 6) is -1.01. The fraction of sp³-hybridized carbons (Fsp3) is 0.154. The number of fused-ring (bicyclic) bond motifs is 1. The van der Waals surface area contributed by atoms with Gasteiger partial charge in [-0.25, -0.2) is 0 Å². The Bertz CT molecular complexity index is 1420. The number of aromatic amines is 1. The van der Waals surface area contributed by atoms with Crippen molar-refractivity contribution in [2.24, 2.45) is 0 Å². The van der Waals surface area contributed by atoms with Crippen molar-refractivity contribution in [3.8, 4) is 5.75 Å². The largest absolute Gasteiger partial charge is 0.503 e. The summed E-state index contributed by atoms with van der Waals surface area (Å²) < 4.78 is 10.6. The fourth-order valence-electron chi connectivity index (χ4n) is 4.41. The minimum atomic E-state index is -0.849. The Kier molecular flexibility index (Phi) is 5.63. The van der Waals surface area contributed by atoms with Crippen LogP contribution in [0, 0.1) is 0 Å². The van der Waals surface area contributed by atoms with Crippen LogP contribution < -0.4 is 4.74 Å². The number of rotatable bonds is 7. The lowest BCUT2D eigenvalue weighted by Crippen LogP contribution is -2.33. The van der Waals surface area contributed by atoms with Crippen LogP contribution in [-0.2, 0) is 11.2 Å². The summed E-state index contributed by atoms with van der Waals surface area (Å²) in [6.07, 6.45) is 3.74. The summed E-state index contributed by atoms with van der Waals surface area (Å²) >= 11 is 6.48. The van der Waals surface area contributed by atoms with Crippen LogP contribution in [0.4, 0.5) is 0 Å². The van der Waals surface area contributed by atoms with E-state index in [0.29, 0.717) is 17.0 Å². The number of amides is 1. The molecule has 1 atom stereocenters. The highest BCUT2D eigenvalue weighted by Crippen LogP contribution is 2.41. The maximum absolute atomic E-state index is 13.2. The molecule has 0 spiro atoms. The van der Waals surface area contributed by atoms with Gasteiger partial charge in [-0.2, -0.15) is 0 Å². The highest BCUT2D eigenvalue weighted by Gasteiger charge is 2.44. The molecule has 1 aliphatic rings. The summed E-state index contributed by atoms with van der Waals surface area (Å²) in [6.45, 7) is 0.248. The van der Waals surface area contributed by atoms with Gasteiger partial charge >= 0.3 is 0 Å². The quantitative estimate of drug-likeness (QED) is 0.355. The van der Waals surface area contributed by atoms with Gasteiger partial charge in [-0.3, -0.25) is 9.59 Å². The van der Waals surface area contributed by atoms with Gasteiger partial charge in [0, 0.05) is 28.7 Å². The van der Waals surface area contributed by atoms with Gasteiger partial charge < -0.3 is 24.1 Å². The second kappa shape index (κ2) is 8.76. The van der Waals surface area contributed by atoms with Crippen LogP contribution in [0.15, 0.2) is 82.8 Å². The second-order valence-electron chi connectivity index (χ2n) is 7.97. The lowest BCUT2D eigenvalue weighted by atomic mass is 9.95. The maximum Gasteiger partial charge on any atom is 0.290 e. The zero-order valence-corrected chi connectivity index (χ0v) is 19.0. The first-order valence-corrected chi connectivity index (χ1v) is 11.1. The topological polar surface area (TPSA) is 95.8 Å². The van der Waals surface area contributed by atoms with Crippen molar-refractivity contribution in [3.63, 3.8) is 0 Å². The number of nitrogens with one attached hydrogen (secondary N) is 1. The molecule has 4 aromatic rings. The van der Waals surface area contributed by atoms with Crippen LogP contribution in [0.25, 0.3) is 10.9 Å². The predicted molar refractivity (Wildman–Crippen MR) is 127 cm³/mol. The van der Waals surface area contributed by atoms with Crippen molar-refractivity contribution in [2.75, 3.05) is 13.7 Å². The molecule has 0 saturated heterocycles. The highest BCUT2D eigenvalue weighted by molar-refractivity contribution is 6.31. The number of carbonyl (C=O) groups excluding carboxylic acids is 2. The zero-order chi connectivity index (χ0) is 23.8. The summed E-state index contributed by atoms with van der Waals surface area (Å²) in [5, 5.41) is 12.1. The number of methoxy groups -OCH3 is 1. The molecule has 2 aromatic carbocycles. The van der Waals surface area contributed by atoms with E-state index >= 15 is 0 Å². The van der Waals surface area contributed by atoms with E-state index in [1.165, 1.54) is 17.2 Å². The van der Waals surface area contributed by atoms with Crippen LogP contribution >= 0.6 is 11.6 Å². The average molecular weight is 477 g/mol. The van der Waals surface area contributed by atoms with E-state index in [9.17, 15) is 14.7 Å². The van der Waals surface area contributed by atoms with E-state index in [0.717, 1.165) is 22.2 Å². The minimum absolute atomic E-state index is 0.0389. The number of furan rings is 1. The lowest BCUT2D eigenvalue weighted by molar-refractivity contribution is -0.129. The third-order valence-corrected chi connectivity index (χ3v) is 6.43. The maximum atomic E-state index is 13.2. The van der Waals surface area contributed by atoms with Gasteiger partial charge in [0.15, 0.2) is 11.5 Å². The predicted octanol–water partition coefficient (Wildman–Crippen LogP) is 5.24. The zero-order valence-electron chi connectivity index (χ0n) is 18.2. The molecule has 0 bridgehead atoms. The fourth-order valence-corrected chi connectivity index (χ4v) is 4.65. The van der Waals surface area contributed by atoms with Gasteiger partial charge in [-0.1, -0.05) is 29.8 Å². The first-order valence-electron chi connectivity index (χ1n) is 10.7. The third-order valence-electron chi connectivity index (χ3n) is 6.09. The Morgan fingerprint density at radius 1 is 1.21 bits per heavy atom. The molecule has 0 radical (unpaired) electrons. The van der Waals surface area contributed by atoms with Gasteiger partial charge in [-0.15, -0.1) is 0 Å². The monoisotopic (exact) mass is 476 g/mol. The molecular weight excluding hydrogens is 456 g/mol. The van der Waals surface area contributed by atoms with Crippen LogP contribution in [0.5, 0.6) is 5.75 Å². The average Bonchev–Trinajstić information content (AvgIpc) is 3.57. The molecule has 1 aliphatic heterocycles. The van der Waals surface area contributed by atoms with E-state index in [4.69, 9.17) is 20.8 Å². The lowest BCUT2D eigenvalue weighted by Gasteiger charge is -2.27. The number of Topliss-reactive ketones (excluding diaryl/α,β-unsaturated/α-hetero) is 1. The molecule has 8 heteroatoms. The first-order chi connectivity index (χ1) is 16.5. The van der Waals surface area contributed by atoms with Gasteiger partial charge in [-0.05, 0) is 53.9 Å². The van der Waals surface area contributed by atoms with Crippen molar-refractivity contribution < 1.29 is 23.8 Å². The third kappa shape index (κ3) is 3.64. The second-order valence-corrected chi connectivity index (χ2v) is 8.37. The number of halogens is 1. The number of aliphatic hydroxyl groups is 1. The minimum Gasteiger partial charge on any atom is -0.503 e. The van der Waals surface area contributed by atoms with E-state index in [-0.39, 0.29) is 17.9 Å². The molecule has 1 amide bonds. The standard InChI is InChI=1S/C26H21ClN2O5/c1-33-16-8-9-20-18(13-16)15(14-28-20)10-11-29-23(17-5-2-3-6-19(17)27)22(25(31)26(29)32)24(30)21-7-4-12-34-21/h2-9,12-14,23,28,31H,10-11H2,1H3/t23-/m0/s1. The normalized spacial score (nSPS) is 16.0. The van der Waals surface area contributed by atoms with Crippen LogP contribution in [0.1, 0.15) is 27.7 Å². The Balaban J connectivity index is 1.52. The molecule has 0 aliphatic carbocycles. The molecule has 7 nitrogen and oxygen atoms in total.